The quantitative estimate of drug-likeness (QED) is 0.405. The van der Waals surface area contributed by atoms with E-state index in [4.69, 9.17) is 14.5 Å². The lowest BCUT2D eigenvalue weighted by Crippen LogP contribution is -2.30. The first kappa shape index (κ1) is 23.9. The van der Waals surface area contributed by atoms with Gasteiger partial charge < -0.3 is 14.8 Å². The zero-order valence-corrected chi connectivity index (χ0v) is 19.7. The maximum atomic E-state index is 12.1. The summed E-state index contributed by atoms with van der Waals surface area (Å²) in [5.41, 5.74) is 3.58. The number of unbranched alkanes of at least 4 members (excludes halogenated alkanes) is 2. The molecule has 0 radical (unpaired) electrons. The summed E-state index contributed by atoms with van der Waals surface area (Å²) in [7, 11) is 1.66. The largest absolute Gasteiger partial charge is 0.491 e. The van der Waals surface area contributed by atoms with Crippen molar-refractivity contribution in [1.29, 1.82) is 0 Å². The minimum Gasteiger partial charge on any atom is -0.491 e. The number of methoxy groups -OCH3 is 1. The first-order valence-electron chi connectivity index (χ1n) is 11.6. The van der Waals surface area contributed by atoms with Gasteiger partial charge >= 0.3 is 0 Å². The smallest absolute Gasteiger partial charge is 0.223 e. The molecule has 2 aromatic heterocycles. The highest BCUT2D eigenvalue weighted by Crippen LogP contribution is 2.24. The van der Waals surface area contributed by atoms with Crippen molar-refractivity contribution < 1.29 is 14.3 Å². The van der Waals surface area contributed by atoms with Crippen molar-refractivity contribution in [2.24, 2.45) is 5.92 Å². The maximum absolute atomic E-state index is 12.1. The zero-order valence-electron chi connectivity index (χ0n) is 19.7. The van der Waals surface area contributed by atoms with E-state index in [9.17, 15) is 4.79 Å². The van der Waals surface area contributed by atoms with Crippen LogP contribution in [0.3, 0.4) is 0 Å². The molecule has 3 aromatic rings. The topological polar surface area (TPSA) is 90.6 Å². The van der Waals surface area contributed by atoms with E-state index in [1.165, 1.54) is 0 Å². The fourth-order valence-corrected chi connectivity index (χ4v) is 3.92. The number of benzene rings is 1. The molecule has 0 aliphatic heterocycles. The Labute approximate surface area is 189 Å². The lowest BCUT2D eigenvalue weighted by Gasteiger charge is -2.12. The summed E-state index contributed by atoms with van der Waals surface area (Å²) >= 11 is 0. The fourth-order valence-electron chi connectivity index (χ4n) is 3.92. The van der Waals surface area contributed by atoms with E-state index in [1.54, 1.807) is 7.11 Å². The molecule has 32 heavy (non-hydrogen) atoms. The number of nitrogens with one attached hydrogen (secondary N) is 1. The minimum atomic E-state index is 0.129. The van der Waals surface area contributed by atoms with E-state index >= 15 is 0 Å². The number of carbonyl (C=O) groups is 1. The van der Waals surface area contributed by atoms with Gasteiger partial charge in [0.1, 0.15) is 18.2 Å². The molecule has 0 fully saturated rings. The number of aromatic nitrogens is 4. The molecule has 8 nitrogen and oxygen atoms in total. The van der Waals surface area contributed by atoms with Crippen LogP contribution < -0.4 is 10.1 Å². The van der Waals surface area contributed by atoms with Gasteiger partial charge in [-0.15, -0.1) is 10.2 Å². The van der Waals surface area contributed by atoms with Crippen LogP contribution in [0.4, 0.5) is 0 Å². The number of hydrogen-bond donors (Lipinski definition) is 1. The predicted molar refractivity (Wildman–Crippen MR) is 125 cm³/mol. The monoisotopic (exact) mass is 441 g/mol. The Morgan fingerprint density at radius 1 is 1.12 bits per heavy atom. The van der Waals surface area contributed by atoms with Crippen molar-refractivity contribution in [1.82, 2.24) is 24.9 Å². The van der Waals surface area contributed by atoms with Gasteiger partial charge in [0.15, 0.2) is 5.65 Å². The number of rotatable bonds is 13. The third-order valence-corrected chi connectivity index (χ3v) is 5.83. The Morgan fingerprint density at radius 3 is 2.69 bits per heavy atom. The van der Waals surface area contributed by atoms with E-state index in [2.05, 4.69) is 33.8 Å². The molecule has 8 heteroatoms. The number of carbonyl (C=O) groups excluding carboxylic acids is 1. The van der Waals surface area contributed by atoms with Crippen molar-refractivity contribution in [2.45, 2.75) is 59.3 Å². The second-order valence-corrected chi connectivity index (χ2v) is 8.07. The zero-order chi connectivity index (χ0) is 22.9. The van der Waals surface area contributed by atoms with Gasteiger partial charge in [0, 0.05) is 25.6 Å². The number of hydrogen-bond acceptors (Lipinski definition) is 6. The van der Waals surface area contributed by atoms with Crippen LogP contribution in [-0.4, -0.2) is 52.4 Å². The summed E-state index contributed by atoms with van der Waals surface area (Å²) in [6.45, 7) is 7.84. The van der Waals surface area contributed by atoms with E-state index in [1.807, 2.05) is 25.1 Å². The standard InChI is InChI=1S/C24H35N5O3/c1-5-18(6-2)24(30)25-13-9-7-8-10-20-23-28-27-17(3)29(23)22-12-11-19(16-21(22)26-20)32-15-14-31-4/h11-12,16,18H,5-10,13-15H2,1-4H3,(H,25,30). The molecule has 0 bridgehead atoms. The maximum Gasteiger partial charge on any atom is 0.223 e. The van der Waals surface area contributed by atoms with Gasteiger partial charge in [-0.05, 0) is 51.2 Å². The number of aryl methyl sites for hydroxylation is 2. The fraction of sp³-hybridized carbons (Fsp3) is 0.583. The van der Waals surface area contributed by atoms with E-state index in [0.717, 1.165) is 79.0 Å². The molecule has 0 unspecified atom stereocenters. The number of amides is 1. The summed E-state index contributed by atoms with van der Waals surface area (Å²) in [5, 5.41) is 11.7. The van der Waals surface area contributed by atoms with Crippen molar-refractivity contribution in [2.75, 3.05) is 26.9 Å². The van der Waals surface area contributed by atoms with Gasteiger partial charge in [-0.2, -0.15) is 0 Å². The average Bonchev–Trinajstić information content (AvgIpc) is 3.19. The third-order valence-electron chi connectivity index (χ3n) is 5.83. The van der Waals surface area contributed by atoms with Crippen molar-refractivity contribution in [3.8, 4) is 5.75 Å². The Hall–Kier alpha value is -2.74. The number of fused-ring (bicyclic) bond motifs is 3. The van der Waals surface area contributed by atoms with Crippen LogP contribution in [0.1, 0.15) is 57.5 Å². The molecule has 0 saturated carbocycles. The van der Waals surface area contributed by atoms with Gasteiger partial charge in [-0.1, -0.05) is 20.3 Å². The highest BCUT2D eigenvalue weighted by atomic mass is 16.5. The molecule has 1 amide bonds. The van der Waals surface area contributed by atoms with Crippen molar-refractivity contribution in [3.63, 3.8) is 0 Å². The Bertz CT molecular complexity index is 1030. The normalized spacial score (nSPS) is 11.5. The van der Waals surface area contributed by atoms with Crippen LogP contribution in [0.5, 0.6) is 5.75 Å². The van der Waals surface area contributed by atoms with Crippen LogP contribution in [0, 0.1) is 12.8 Å². The lowest BCUT2D eigenvalue weighted by molar-refractivity contribution is -0.125. The SMILES string of the molecule is CCC(CC)C(=O)NCCCCCc1nc2cc(OCCOC)ccc2n2c(C)nnc12. The molecule has 0 atom stereocenters. The van der Waals surface area contributed by atoms with E-state index < -0.39 is 0 Å². The summed E-state index contributed by atoms with van der Waals surface area (Å²) in [5.74, 6) is 1.91. The molecule has 1 N–H and O–H groups in total. The summed E-state index contributed by atoms with van der Waals surface area (Å²) < 4.78 is 12.9. The number of nitrogens with zero attached hydrogens (tertiary/aromatic N) is 4. The molecule has 3 rings (SSSR count). The summed E-state index contributed by atoms with van der Waals surface area (Å²) in [6.07, 6.45) is 5.55. The molecule has 0 aliphatic rings. The molecule has 1 aromatic carbocycles. The lowest BCUT2D eigenvalue weighted by atomic mass is 10.0. The van der Waals surface area contributed by atoms with Gasteiger partial charge in [0.2, 0.25) is 5.91 Å². The second kappa shape index (κ2) is 11.8. The second-order valence-electron chi connectivity index (χ2n) is 8.07. The van der Waals surface area contributed by atoms with Crippen LogP contribution >= 0.6 is 0 Å². The van der Waals surface area contributed by atoms with Crippen LogP contribution in [0.2, 0.25) is 0 Å². The molecular weight excluding hydrogens is 406 g/mol. The Kier molecular flexibility index (Phi) is 8.79. The highest BCUT2D eigenvalue weighted by molar-refractivity contribution is 5.80. The Balaban J connectivity index is 1.64. The van der Waals surface area contributed by atoms with Gasteiger partial charge in [-0.25, -0.2) is 4.98 Å². The average molecular weight is 442 g/mol. The molecule has 0 aliphatic carbocycles. The minimum absolute atomic E-state index is 0.129. The number of ether oxygens (including phenoxy) is 2. The van der Waals surface area contributed by atoms with E-state index in [-0.39, 0.29) is 11.8 Å². The third kappa shape index (κ3) is 5.73. The summed E-state index contributed by atoms with van der Waals surface area (Å²) in [4.78, 5) is 17.0. The summed E-state index contributed by atoms with van der Waals surface area (Å²) in [6, 6.07) is 5.90. The van der Waals surface area contributed by atoms with Gasteiger partial charge in [-0.3, -0.25) is 9.20 Å². The molecule has 0 spiro atoms. The Morgan fingerprint density at radius 2 is 1.94 bits per heavy atom. The highest BCUT2D eigenvalue weighted by Gasteiger charge is 2.15. The van der Waals surface area contributed by atoms with Gasteiger partial charge in [0.25, 0.3) is 0 Å². The van der Waals surface area contributed by atoms with Crippen LogP contribution in [0.25, 0.3) is 16.7 Å². The van der Waals surface area contributed by atoms with E-state index in [0.29, 0.717) is 13.2 Å². The van der Waals surface area contributed by atoms with Crippen LogP contribution in [-0.2, 0) is 16.0 Å². The molecule has 0 saturated heterocycles. The van der Waals surface area contributed by atoms with Crippen LogP contribution in [0.15, 0.2) is 18.2 Å². The predicted octanol–water partition coefficient (Wildman–Crippen LogP) is 3.88. The van der Waals surface area contributed by atoms with Crippen molar-refractivity contribution in [3.05, 3.63) is 29.7 Å². The first-order chi connectivity index (χ1) is 15.6. The van der Waals surface area contributed by atoms with Crippen molar-refractivity contribution >= 4 is 22.6 Å². The first-order valence-corrected chi connectivity index (χ1v) is 11.6. The van der Waals surface area contributed by atoms with Gasteiger partial charge in [0.05, 0.1) is 23.3 Å². The molecular formula is C24H35N5O3. The molecule has 2 heterocycles. The molecule has 174 valence electrons.